The van der Waals surface area contributed by atoms with Crippen LogP contribution in [-0.4, -0.2) is 82.7 Å². The van der Waals surface area contributed by atoms with E-state index < -0.39 is 54.7 Å². The molecule has 0 spiro atoms. The topological polar surface area (TPSA) is 116 Å². The molecule has 0 amide bonds. The highest BCUT2D eigenvalue weighted by molar-refractivity contribution is 5.68. The summed E-state index contributed by atoms with van der Waals surface area (Å²) < 4.78 is 37.4. The molecule has 1 aliphatic rings. The van der Waals surface area contributed by atoms with Gasteiger partial charge >= 0.3 is 17.9 Å². The molecule has 6 atom stereocenters. The Labute approximate surface area is 151 Å². The number of hydrogen-bond donors (Lipinski definition) is 0. The molecular formula is C16H26O10. The minimum atomic E-state index is -1.15. The molecule has 0 radical (unpaired) electrons. The van der Waals surface area contributed by atoms with Crippen LogP contribution < -0.4 is 0 Å². The fourth-order valence-electron chi connectivity index (χ4n) is 2.75. The standard InChI is InChI=1S/C16H26O10/c1-8(17)23-13-12(11(21-5)7-20-4)26-16(22-6)15(25-10(3)19)14(13)24-9(2)18/h11-16H,7H2,1-6H3. The second kappa shape index (κ2) is 10.4. The van der Waals surface area contributed by atoms with E-state index in [0.717, 1.165) is 0 Å². The largest absolute Gasteiger partial charge is 0.456 e. The molecule has 0 aromatic carbocycles. The molecule has 0 saturated carbocycles. The molecule has 0 aliphatic carbocycles. The monoisotopic (exact) mass is 378 g/mol. The molecule has 26 heavy (non-hydrogen) atoms. The zero-order valence-electron chi connectivity index (χ0n) is 15.8. The van der Waals surface area contributed by atoms with Crippen molar-refractivity contribution in [2.24, 2.45) is 0 Å². The van der Waals surface area contributed by atoms with Crippen molar-refractivity contribution in [1.29, 1.82) is 0 Å². The molecule has 10 nitrogen and oxygen atoms in total. The first-order chi connectivity index (χ1) is 12.2. The quantitative estimate of drug-likeness (QED) is 0.416. The van der Waals surface area contributed by atoms with Gasteiger partial charge in [0, 0.05) is 42.1 Å². The summed E-state index contributed by atoms with van der Waals surface area (Å²) in [5.41, 5.74) is 0. The predicted molar refractivity (Wildman–Crippen MR) is 85.0 cm³/mol. The van der Waals surface area contributed by atoms with Gasteiger partial charge in [-0.1, -0.05) is 0 Å². The highest BCUT2D eigenvalue weighted by Gasteiger charge is 2.54. The Morgan fingerprint density at radius 3 is 1.77 bits per heavy atom. The summed E-state index contributed by atoms with van der Waals surface area (Å²) in [6.07, 6.45) is -6.04. The average molecular weight is 378 g/mol. The van der Waals surface area contributed by atoms with Crippen molar-refractivity contribution in [3.05, 3.63) is 0 Å². The van der Waals surface area contributed by atoms with E-state index in [1.165, 1.54) is 42.1 Å². The highest BCUT2D eigenvalue weighted by Crippen LogP contribution is 2.31. The number of carbonyl (C=O) groups excluding carboxylic acids is 3. The lowest BCUT2D eigenvalue weighted by Crippen LogP contribution is -2.64. The second-order valence-corrected chi connectivity index (χ2v) is 5.66. The lowest BCUT2D eigenvalue weighted by Gasteiger charge is -2.45. The number of hydrogen-bond acceptors (Lipinski definition) is 10. The van der Waals surface area contributed by atoms with E-state index in [1.54, 1.807) is 0 Å². The van der Waals surface area contributed by atoms with E-state index in [2.05, 4.69) is 0 Å². The minimum absolute atomic E-state index is 0.111. The Bertz CT molecular complexity index is 493. The number of carbonyl (C=O) groups is 3. The summed E-state index contributed by atoms with van der Waals surface area (Å²) in [6.45, 7) is 3.68. The van der Waals surface area contributed by atoms with Crippen molar-refractivity contribution in [1.82, 2.24) is 0 Å². The van der Waals surface area contributed by atoms with Crippen LogP contribution in [-0.2, 0) is 47.5 Å². The maximum Gasteiger partial charge on any atom is 0.303 e. The van der Waals surface area contributed by atoms with Gasteiger partial charge in [0.15, 0.2) is 24.6 Å². The zero-order valence-corrected chi connectivity index (χ0v) is 15.8. The van der Waals surface area contributed by atoms with Gasteiger partial charge in [0.2, 0.25) is 0 Å². The Morgan fingerprint density at radius 1 is 0.846 bits per heavy atom. The molecule has 6 unspecified atom stereocenters. The van der Waals surface area contributed by atoms with E-state index in [4.69, 9.17) is 33.2 Å². The summed E-state index contributed by atoms with van der Waals surface area (Å²) in [4.78, 5) is 34.7. The molecule has 1 aliphatic heterocycles. The van der Waals surface area contributed by atoms with E-state index in [0.29, 0.717) is 0 Å². The third-order valence-corrected chi connectivity index (χ3v) is 3.67. The molecule has 0 aromatic rings. The first kappa shape index (κ1) is 22.3. The lowest BCUT2D eigenvalue weighted by molar-refractivity contribution is -0.313. The van der Waals surface area contributed by atoms with Crippen molar-refractivity contribution in [3.8, 4) is 0 Å². The molecule has 0 N–H and O–H groups in total. The summed E-state index contributed by atoms with van der Waals surface area (Å²) in [7, 11) is 4.24. The van der Waals surface area contributed by atoms with Crippen LogP contribution in [0, 0.1) is 0 Å². The van der Waals surface area contributed by atoms with E-state index in [1.807, 2.05) is 0 Å². The third-order valence-electron chi connectivity index (χ3n) is 3.67. The molecule has 0 aromatic heterocycles. The van der Waals surface area contributed by atoms with Crippen molar-refractivity contribution in [3.63, 3.8) is 0 Å². The van der Waals surface area contributed by atoms with Gasteiger partial charge in [-0.25, -0.2) is 0 Å². The van der Waals surface area contributed by atoms with Crippen LogP contribution in [0.4, 0.5) is 0 Å². The highest BCUT2D eigenvalue weighted by atomic mass is 16.7. The van der Waals surface area contributed by atoms with E-state index in [9.17, 15) is 14.4 Å². The Balaban J connectivity index is 3.31. The number of methoxy groups -OCH3 is 3. The SMILES string of the molecule is COCC(OC)C1OC(OC)C(OC(C)=O)C(OC(C)=O)C1OC(C)=O. The van der Waals surface area contributed by atoms with Crippen LogP contribution in [0.2, 0.25) is 0 Å². The van der Waals surface area contributed by atoms with Crippen molar-refractivity contribution in [2.45, 2.75) is 57.6 Å². The number of esters is 3. The Kier molecular flexibility index (Phi) is 8.93. The maximum absolute atomic E-state index is 11.6. The molecule has 1 rings (SSSR count). The van der Waals surface area contributed by atoms with Crippen molar-refractivity contribution in [2.75, 3.05) is 27.9 Å². The Hall–Kier alpha value is -1.75. The van der Waals surface area contributed by atoms with Crippen molar-refractivity contribution < 1.29 is 47.5 Å². The predicted octanol–water partition coefficient (Wildman–Crippen LogP) is -0.186. The molecule has 1 fully saturated rings. The molecule has 150 valence electrons. The van der Waals surface area contributed by atoms with Gasteiger partial charge < -0.3 is 33.2 Å². The molecule has 1 saturated heterocycles. The first-order valence-electron chi connectivity index (χ1n) is 7.96. The summed E-state index contributed by atoms with van der Waals surface area (Å²) in [6, 6.07) is 0. The van der Waals surface area contributed by atoms with Gasteiger partial charge in [0.05, 0.1) is 6.61 Å². The Morgan fingerprint density at radius 2 is 1.35 bits per heavy atom. The van der Waals surface area contributed by atoms with E-state index >= 15 is 0 Å². The summed E-state index contributed by atoms with van der Waals surface area (Å²) in [5, 5.41) is 0. The zero-order chi connectivity index (χ0) is 19.9. The van der Waals surface area contributed by atoms with Gasteiger partial charge in [-0.15, -0.1) is 0 Å². The van der Waals surface area contributed by atoms with Crippen LogP contribution >= 0.6 is 0 Å². The van der Waals surface area contributed by atoms with Crippen LogP contribution in [0.15, 0.2) is 0 Å². The van der Waals surface area contributed by atoms with Crippen LogP contribution in [0.5, 0.6) is 0 Å². The second-order valence-electron chi connectivity index (χ2n) is 5.66. The van der Waals surface area contributed by atoms with Gasteiger partial charge in [-0.3, -0.25) is 14.4 Å². The molecule has 1 heterocycles. The van der Waals surface area contributed by atoms with Crippen molar-refractivity contribution >= 4 is 17.9 Å². The average Bonchev–Trinajstić information content (AvgIpc) is 2.55. The number of rotatable bonds is 8. The van der Waals surface area contributed by atoms with Gasteiger partial charge in [0.25, 0.3) is 0 Å². The van der Waals surface area contributed by atoms with Crippen LogP contribution in [0.25, 0.3) is 0 Å². The fourth-order valence-corrected chi connectivity index (χ4v) is 2.75. The molecular weight excluding hydrogens is 352 g/mol. The van der Waals surface area contributed by atoms with Gasteiger partial charge in [-0.2, -0.15) is 0 Å². The first-order valence-corrected chi connectivity index (χ1v) is 7.96. The summed E-state index contributed by atoms with van der Waals surface area (Å²) in [5.74, 6) is -1.93. The smallest absolute Gasteiger partial charge is 0.303 e. The van der Waals surface area contributed by atoms with E-state index in [-0.39, 0.29) is 6.61 Å². The van der Waals surface area contributed by atoms with Gasteiger partial charge in [0.1, 0.15) is 12.2 Å². The van der Waals surface area contributed by atoms with Crippen LogP contribution in [0.1, 0.15) is 20.8 Å². The fraction of sp³-hybridized carbons (Fsp3) is 0.812. The normalized spacial score (nSPS) is 29.5. The van der Waals surface area contributed by atoms with Gasteiger partial charge in [-0.05, 0) is 0 Å². The minimum Gasteiger partial charge on any atom is -0.456 e. The van der Waals surface area contributed by atoms with Crippen LogP contribution in [0.3, 0.4) is 0 Å². The third kappa shape index (κ3) is 5.90. The number of ether oxygens (including phenoxy) is 7. The lowest BCUT2D eigenvalue weighted by atomic mass is 9.94. The maximum atomic E-state index is 11.6. The summed E-state index contributed by atoms with van der Waals surface area (Å²) >= 11 is 0. The molecule has 0 bridgehead atoms. The molecule has 10 heteroatoms.